The maximum absolute atomic E-state index is 12.7. The maximum atomic E-state index is 12.7. The largest absolute Gasteiger partial charge is 0.484 e. The molecule has 2 aromatic rings. The molecule has 0 N–H and O–H groups in total. The third-order valence-corrected chi connectivity index (χ3v) is 6.49. The van der Waals surface area contributed by atoms with Crippen LogP contribution in [0.25, 0.3) is 0 Å². The van der Waals surface area contributed by atoms with Crippen LogP contribution >= 0.6 is 0 Å². The first-order valence-electron chi connectivity index (χ1n) is 11.5. The molecule has 2 fully saturated rings. The Hall–Kier alpha value is -2.93. The van der Waals surface area contributed by atoms with E-state index in [9.17, 15) is 9.59 Å². The highest BCUT2D eigenvalue weighted by molar-refractivity contribution is 5.95. The molecular weight excluding hydrogens is 404 g/mol. The lowest BCUT2D eigenvalue weighted by atomic mass is 10.0. The van der Waals surface area contributed by atoms with Crippen LogP contribution in [0.2, 0.25) is 0 Å². The Bertz CT molecular complexity index is 895. The van der Waals surface area contributed by atoms with E-state index in [1.807, 2.05) is 54.5 Å². The standard InChI is InChI=1S/C25H32N4O3/c1-27(21-12-17-28(18-13-21)16-11-20-5-2-3-14-26-20)25(31)19-32-23-9-7-22(8-10-23)29-15-4-6-24(29)30/h2-3,5,7-10,14,21H,4,6,11-13,15-19H2,1H3. The zero-order valence-electron chi connectivity index (χ0n) is 18.8. The zero-order valence-corrected chi connectivity index (χ0v) is 18.8. The molecule has 0 atom stereocenters. The molecule has 1 aromatic heterocycles. The summed E-state index contributed by atoms with van der Waals surface area (Å²) in [4.78, 5) is 35.0. The number of likely N-dealkylation sites (N-methyl/N-ethyl adjacent to an activating group) is 1. The number of rotatable bonds is 8. The molecule has 0 unspecified atom stereocenters. The van der Waals surface area contributed by atoms with Gasteiger partial charge in [-0.1, -0.05) is 6.07 Å². The second kappa shape index (κ2) is 10.6. The molecule has 1 aromatic carbocycles. The number of pyridine rings is 1. The number of carbonyl (C=O) groups excluding carboxylic acids is 2. The molecule has 2 amide bonds. The van der Waals surface area contributed by atoms with Crippen molar-refractivity contribution >= 4 is 17.5 Å². The van der Waals surface area contributed by atoms with E-state index >= 15 is 0 Å². The summed E-state index contributed by atoms with van der Waals surface area (Å²) < 4.78 is 5.72. The monoisotopic (exact) mass is 436 g/mol. The van der Waals surface area contributed by atoms with Crippen molar-refractivity contribution in [2.75, 3.05) is 44.7 Å². The first kappa shape index (κ1) is 22.3. The van der Waals surface area contributed by atoms with E-state index in [4.69, 9.17) is 4.74 Å². The molecule has 4 rings (SSSR count). The first-order valence-corrected chi connectivity index (χ1v) is 11.5. The molecule has 2 saturated heterocycles. The van der Waals surface area contributed by atoms with Crippen molar-refractivity contribution in [3.8, 4) is 5.75 Å². The second-order valence-electron chi connectivity index (χ2n) is 8.58. The van der Waals surface area contributed by atoms with Crippen LogP contribution in [-0.4, -0.2) is 72.5 Å². The van der Waals surface area contributed by atoms with Crippen molar-refractivity contribution in [3.63, 3.8) is 0 Å². The highest BCUT2D eigenvalue weighted by atomic mass is 16.5. The minimum atomic E-state index is -0.00395. The molecule has 7 nitrogen and oxygen atoms in total. The van der Waals surface area contributed by atoms with Gasteiger partial charge in [-0.15, -0.1) is 0 Å². The van der Waals surface area contributed by atoms with Crippen LogP contribution in [0.15, 0.2) is 48.7 Å². The van der Waals surface area contributed by atoms with E-state index in [-0.39, 0.29) is 24.5 Å². The van der Waals surface area contributed by atoms with E-state index in [1.54, 1.807) is 4.90 Å². The minimum absolute atomic E-state index is 0.00395. The van der Waals surface area contributed by atoms with Gasteiger partial charge in [-0.25, -0.2) is 0 Å². The third kappa shape index (κ3) is 5.65. The van der Waals surface area contributed by atoms with Gasteiger partial charge in [-0.05, 0) is 55.7 Å². The smallest absolute Gasteiger partial charge is 0.260 e. The molecule has 7 heteroatoms. The van der Waals surface area contributed by atoms with Crippen LogP contribution in [0.1, 0.15) is 31.4 Å². The number of carbonyl (C=O) groups is 2. The summed E-state index contributed by atoms with van der Waals surface area (Å²) in [7, 11) is 1.88. The summed E-state index contributed by atoms with van der Waals surface area (Å²) >= 11 is 0. The number of hydrogen-bond acceptors (Lipinski definition) is 5. The molecule has 170 valence electrons. The molecule has 0 saturated carbocycles. The third-order valence-electron chi connectivity index (χ3n) is 6.49. The quantitative estimate of drug-likeness (QED) is 0.637. The summed E-state index contributed by atoms with van der Waals surface area (Å²) in [5, 5.41) is 0. The van der Waals surface area contributed by atoms with Gasteiger partial charge < -0.3 is 19.4 Å². The van der Waals surface area contributed by atoms with E-state index in [2.05, 4.69) is 16.0 Å². The van der Waals surface area contributed by atoms with Gasteiger partial charge in [0.2, 0.25) is 5.91 Å². The lowest BCUT2D eigenvalue weighted by molar-refractivity contribution is -0.135. The van der Waals surface area contributed by atoms with Gasteiger partial charge in [-0.3, -0.25) is 14.6 Å². The number of likely N-dealkylation sites (tertiary alicyclic amines) is 1. The first-order chi connectivity index (χ1) is 15.6. The predicted octanol–water partition coefficient (Wildman–Crippen LogP) is 2.75. The van der Waals surface area contributed by atoms with Crippen LogP contribution in [0.5, 0.6) is 5.75 Å². The van der Waals surface area contributed by atoms with Gasteiger partial charge in [0.25, 0.3) is 5.91 Å². The van der Waals surface area contributed by atoms with Gasteiger partial charge in [0.1, 0.15) is 5.75 Å². The normalized spacial score (nSPS) is 17.5. The van der Waals surface area contributed by atoms with Gasteiger partial charge in [0.05, 0.1) is 0 Å². The Morgan fingerprint density at radius 2 is 1.91 bits per heavy atom. The Balaban J connectivity index is 1.18. The van der Waals surface area contributed by atoms with Crippen LogP contribution < -0.4 is 9.64 Å². The highest BCUT2D eigenvalue weighted by Gasteiger charge is 2.26. The molecule has 2 aliphatic rings. The molecule has 3 heterocycles. The summed E-state index contributed by atoms with van der Waals surface area (Å²) in [6.45, 7) is 3.78. The van der Waals surface area contributed by atoms with E-state index in [0.29, 0.717) is 12.2 Å². The number of piperidine rings is 1. The number of nitrogens with zero attached hydrogens (tertiary/aromatic N) is 4. The summed E-state index contributed by atoms with van der Waals surface area (Å²) in [6, 6.07) is 13.7. The molecule has 0 radical (unpaired) electrons. The number of ether oxygens (including phenoxy) is 1. The zero-order chi connectivity index (χ0) is 22.3. The lowest BCUT2D eigenvalue weighted by Crippen LogP contribution is -2.47. The van der Waals surface area contributed by atoms with Crippen molar-refractivity contribution in [1.29, 1.82) is 0 Å². The fourth-order valence-electron chi connectivity index (χ4n) is 4.44. The fraction of sp³-hybridized carbons (Fsp3) is 0.480. The number of aromatic nitrogens is 1. The van der Waals surface area contributed by atoms with Crippen LogP contribution in [0.3, 0.4) is 0 Å². The Morgan fingerprint density at radius 3 is 2.56 bits per heavy atom. The predicted molar refractivity (Wildman–Crippen MR) is 124 cm³/mol. The molecule has 0 spiro atoms. The number of benzene rings is 1. The van der Waals surface area contributed by atoms with Gasteiger partial charge in [-0.2, -0.15) is 0 Å². The van der Waals surface area contributed by atoms with Crippen molar-refractivity contribution in [2.45, 2.75) is 38.1 Å². The molecule has 0 bridgehead atoms. The number of amides is 2. The molecular formula is C25H32N4O3. The van der Waals surface area contributed by atoms with Crippen molar-refractivity contribution in [2.24, 2.45) is 0 Å². The summed E-state index contributed by atoms with van der Waals surface area (Å²) in [5.41, 5.74) is 2.01. The van der Waals surface area contributed by atoms with Crippen molar-refractivity contribution in [3.05, 3.63) is 54.4 Å². The Kier molecular flexibility index (Phi) is 7.37. The summed E-state index contributed by atoms with van der Waals surface area (Å²) in [6.07, 6.45) is 6.27. The minimum Gasteiger partial charge on any atom is -0.484 e. The number of hydrogen-bond donors (Lipinski definition) is 0. The van der Waals surface area contributed by atoms with Crippen LogP contribution in [0.4, 0.5) is 5.69 Å². The Morgan fingerprint density at radius 1 is 1.12 bits per heavy atom. The Labute approximate surface area is 190 Å². The van der Waals surface area contributed by atoms with Gasteiger partial charge >= 0.3 is 0 Å². The fourth-order valence-corrected chi connectivity index (χ4v) is 4.44. The van der Waals surface area contributed by atoms with E-state index < -0.39 is 0 Å². The highest BCUT2D eigenvalue weighted by Crippen LogP contribution is 2.24. The van der Waals surface area contributed by atoms with Crippen molar-refractivity contribution in [1.82, 2.24) is 14.8 Å². The van der Waals surface area contributed by atoms with E-state index in [0.717, 1.165) is 63.2 Å². The average Bonchev–Trinajstić information content (AvgIpc) is 3.28. The van der Waals surface area contributed by atoms with Crippen LogP contribution in [-0.2, 0) is 16.0 Å². The molecule has 32 heavy (non-hydrogen) atoms. The molecule has 0 aliphatic carbocycles. The SMILES string of the molecule is CN(C(=O)COc1ccc(N2CCCC2=O)cc1)C1CCN(CCc2ccccn2)CC1. The van der Waals surface area contributed by atoms with Gasteiger partial charge in [0.15, 0.2) is 6.61 Å². The van der Waals surface area contributed by atoms with Gasteiger partial charge in [0, 0.05) is 69.7 Å². The second-order valence-corrected chi connectivity index (χ2v) is 8.58. The molecule has 2 aliphatic heterocycles. The number of anilines is 1. The van der Waals surface area contributed by atoms with Crippen LogP contribution in [0, 0.1) is 0 Å². The topological polar surface area (TPSA) is 66.0 Å². The summed E-state index contributed by atoms with van der Waals surface area (Å²) in [5.74, 6) is 0.806. The maximum Gasteiger partial charge on any atom is 0.260 e. The lowest BCUT2D eigenvalue weighted by Gasteiger charge is -2.36. The van der Waals surface area contributed by atoms with Crippen molar-refractivity contribution < 1.29 is 14.3 Å². The average molecular weight is 437 g/mol. The van der Waals surface area contributed by atoms with E-state index in [1.165, 1.54) is 0 Å².